The van der Waals surface area contributed by atoms with E-state index < -0.39 is 94.6 Å². The fraction of sp³-hybridized carbons (Fsp3) is 0.333. The molecule has 162 valence electrons. The lowest BCUT2D eigenvalue weighted by atomic mass is 10.0. The minimum atomic E-state index is -2.31. The smallest absolute Gasteiger partial charge is 0.204 e. The molecule has 0 amide bonds. The molecule has 2 aliphatic rings. The van der Waals surface area contributed by atoms with Crippen molar-refractivity contribution in [3.8, 4) is 22.6 Å². The van der Waals surface area contributed by atoms with Gasteiger partial charge in [-0.1, -0.05) is 0 Å². The first-order chi connectivity index (χ1) is 14.2. The van der Waals surface area contributed by atoms with E-state index in [1.54, 1.807) is 0 Å². The number of epoxide rings is 2. The van der Waals surface area contributed by atoms with E-state index in [9.17, 15) is 35.1 Å². The van der Waals surface area contributed by atoms with E-state index in [0.29, 0.717) is 0 Å². The van der Waals surface area contributed by atoms with E-state index in [2.05, 4.69) is 9.47 Å². The summed E-state index contributed by atoms with van der Waals surface area (Å²) < 4.78 is 133. The molecular formula is C18H10F8O4. The van der Waals surface area contributed by atoms with Crippen LogP contribution in [0, 0.1) is 46.5 Å². The van der Waals surface area contributed by atoms with Gasteiger partial charge in [-0.3, -0.25) is 0 Å². The predicted octanol–water partition coefficient (Wildman–Crippen LogP) is 4.02. The Labute approximate surface area is 162 Å². The molecule has 30 heavy (non-hydrogen) atoms. The molecule has 0 aromatic heterocycles. The summed E-state index contributed by atoms with van der Waals surface area (Å²) in [5, 5.41) is 0. The van der Waals surface area contributed by atoms with Crippen molar-refractivity contribution in [2.45, 2.75) is 12.2 Å². The van der Waals surface area contributed by atoms with E-state index in [0.717, 1.165) is 0 Å². The highest BCUT2D eigenvalue weighted by Gasteiger charge is 2.36. The zero-order valence-corrected chi connectivity index (χ0v) is 14.6. The second kappa shape index (κ2) is 7.58. The van der Waals surface area contributed by atoms with Gasteiger partial charge in [-0.25, -0.2) is 17.6 Å². The molecule has 0 N–H and O–H groups in total. The van der Waals surface area contributed by atoms with Crippen molar-refractivity contribution >= 4 is 0 Å². The fourth-order valence-electron chi connectivity index (χ4n) is 2.60. The van der Waals surface area contributed by atoms with Crippen LogP contribution < -0.4 is 9.47 Å². The summed E-state index contributed by atoms with van der Waals surface area (Å²) in [6, 6.07) is 0. The second-order valence-electron chi connectivity index (χ2n) is 6.45. The lowest BCUT2D eigenvalue weighted by molar-refractivity contribution is 0.235. The van der Waals surface area contributed by atoms with Gasteiger partial charge in [0.25, 0.3) is 0 Å². The Morgan fingerprint density at radius 1 is 0.533 bits per heavy atom. The van der Waals surface area contributed by atoms with E-state index >= 15 is 0 Å². The third-order valence-corrected chi connectivity index (χ3v) is 4.33. The summed E-state index contributed by atoms with van der Waals surface area (Å²) in [5.41, 5.74) is -3.96. The Morgan fingerprint density at radius 2 is 0.800 bits per heavy atom. The monoisotopic (exact) mass is 442 g/mol. The van der Waals surface area contributed by atoms with Crippen LogP contribution in [0.1, 0.15) is 0 Å². The Kier molecular flexibility index (Phi) is 5.22. The summed E-state index contributed by atoms with van der Waals surface area (Å²) >= 11 is 0. The number of hydrogen-bond acceptors (Lipinski definition) is 4. The quantitative estimate of drug-likeness (QED) is 0.369. The minimum Gasteiger partial charge on any atom is -0.485 e. The van der Waals surface area contributed by atoms with Crippen LogP contribution >= 0.6 is 0 Å². The first kappa shape index (κ1) is 20.7. The Morgan fingerprint density at radius 3 is 1.03 bits per heavy atom. The largest absolute Gasteiger partial charge is 0.485 e. The van der Waals surface area contributed by atoms with Gasteiger partial charge in [0.1, 0.15) is 25.4 Å². The van der Waals surface area contributed by atoms with Gasteiger partial charge < -0.3 is 18.9 Å². The first-order valence-corrected chi connectivity index (χ1v) is 8.43. The number of rotatable bonds is 7. The number of benzene rings is 2. The molecule has 4 nitrogen and oxygen atoms in total. The summed E-state index contributed by atoms with van der Waals surface area (Å²) in [7, 11) is 0. The molecule has 0 spiro atoms. The van der Waals surface area contributed by atoms with Crippen LogP contribution in [0.2, 0.25) is 0 Å². The molecule has 2 saturated heterocycles. The molecule has 12 heteroatoms. The normalized spacial score (nSPS) is 19.7. The maximum Gasteiger partial charge on any atom is 0.204 e. The van der Waals surface area contributed by atoms with Crippen molar-refractivity contribution in [3.63, 3.8) is 0 Å². The second-order valence-corrected chi connectivity index (χ2v) is 6.45. The molecule has 0 saturated carbocycles. The van der Waals surface area contributed by atoms with Crippen molar-refractivity contribution in [2.75, 3.05) is 26.4 Å². The van der Waals surface area contributed by atoms with Crippen molar-refractivity contribution in [3.05, 3.63) is 46.5 Å². The predicted molar refractivity (Wildman–Crippen MR) is 82.0 cm³/mol. The SMILES string of the molecule is Fc1c(F)c(-c2c(F)c(F)c(OC[C@H]3CO3)c(F)c2F)c(F)c(F)c1OC[C@H]1CO1. The third kappa shape index (κ3) is 3.54. The van der Waals surface area contributed by atoms with E-state index in [4.69, 9.17) is 9.47 Å². The molecule has 2 aliphatic heterocycles. The molecule has 2 fully saturated rings. The molecule has 0 radical (unpaired) electrons. The van der Waals surface area contributed by atoms with Crippen molar-refractivity contribution in [1.82, 2.24) is 0 Å². The molecule has 2 heterocycles. The van der Waals surface area contributed by atoms with Crippen molar-refractivity contribution in [2.24, 2.45) is 0 Å². The molecule has 0 unspecified atom stereocenters. The third-order valence-electron chi connectivity index (χ3n) is 4.33. The van der Waals surface area contributed by atoms with Crippen LogP contribution in [0.4, 0.5) is 35.1 Å². The lowest BCUT2D eigenvalue weighted by Crippen LogP contribution is -2.13. The van der Waals surface area contributed by atoms with Crippen LogP contribution in [0.5, 0.6) is 11.5 Å². The summed E-state index contributed by atoms with van der Waals surface area (Å²) in [6.07, 6.45) is -1.08. The van der Waals surface area contributed by atoms with Gasteiger partial charge in [0.05, 0.1) is 24.3 Å². The Bertz CT molecular complexity index is 881. The zero-order valence-electron chi connectivity index (χ0n) is 14.6. The standard InChI is InChI=1S/C18H10F8O4/c19-9-7(10(20)14(24)17(13(9)23)29-3-5-1-27-5)8-11(21)15(25)18(16(26)12(8)22)30-4-6-2-28-6/h5-6H,1-4H2/t5-,6-/m1/s1. The van der Waals surface area contributed by atoms with Gasteiger partial charge in [0, 0.05) is 0 Å². The van der Waals surface area contributed by atoms with Gasteiger partial charge in [-0.2, -0.15) is 17.6 Å². The highest BCUT2D eigenvalue weighted by atomic mass is 19.2. The van der Waals surface area contributed by atoms with Crippen LogP contribution in [-0.2, 0) is 9.47 Å². The highest BCUT2D eigenvalue weighted by molar-refractivity contribution is 5.69. The first-order valence-electron chi connectivity index (χ1n) is 8.43. The minimum absolute atomic E-state index is 0.197. The van der Waals surface area contributed by atoms with E-state index in [1.807, 2.05) is 0 Å². The topological polar surface area (TPSA) is 43.5 Å². The number of hydrogen-bond donors (Lipinski definition) is 0. The van der Waals surface area contributed by atoms with Crippen LogP contribution in [0.3, 0.4) is 0 Å². The maximum atomic E-state index is 14.4. The van der Waals surface area contributed by atoms with Crippen molar-refractivity contribution < 1.29 is 54.1 Å². The summed E-state index contributed by atoms with van der Waals surface area (Å²) in [4.78, 5) is 0. The summed E-state index contributed by atoms with van der Waals surface area (Å²) in [5.74, 6) is -20.8. The van der Waals surface area contributed by atoms with Gasteiger partial charge in [-0.15, -0.1) is 0 Å². The van der Waals surface area contributed by atoms with Gasteiger partial charge in [-0.05, 0) is 0 Å². The molecule has 4 rings (SSSR count). The molecule has 0 bridgehead atoms. The number of ether oxygens (including phenoxy) is 4. The van der Waals surface area contributed by atoms with E-state index in [1.165, 1.54) is 0 Å². The van der Waals surface area contributed by atoms with Crippen LogP contribution in [-0.4, -0.2) is 38.6 Å². The van der Waals surface area contributed by atoms with Gasteiger partial charge >= 0.3 is 0 Å². The molecule has 2 atom stereocenters. The number of halogens is 8. The van der Waals surface area contributed by atoms with Crippen molar-refractivity contribution in [1.29, 1.82) is 0 Å². The van der Waals surface area contributed by atoms with Gasteiger partial charge in [0.15, 0.2) is 34.8 Å². The average molecular weight is 442 g/mol. The lowest BCUT2D eigenvalue weighted by Gasteiger charge is -2.16. The Hall–Kier alpha value is -2.60. The summed E-state index contributed by atoms with van der Waals surface area (Å²) in [6.45, 7) is -0.505. The zero-order chi connectivity index (χ0) is 21.7. The molecular weight excluding hydrogens is 432 g/mol. The maximum absolute atomic E-state index is 14.4. The van der Waals surface area contributed by atoms with Gasteiger partial charge in [0.2, 0.25) is 23.3 Å². The molecule has 0 aliphatic carbocycles. The highest BCUT2D eigenvalue weighted by Crippen LogP contribution is 2.41. The average Bonchev–Trinajstić information content (AvgIpc) is 3.62. The van der Waals surface area contributed by atoms with Crippen LogP contribution in [0.15, 0.2) is 0 Å². The van der Waals surface area contributed by atoms with E-state index in [-0.39, 0.29) is 13.2 Å². The van der Waals surface area contributed by atoms with Crippen LogP contribution in [0.25, 0.3) is 11.1 Å². The molecule has 2 aromatic carbocycles. The fourth-order valence-corrected chi connectivity index (χ4v) is 2.60. The molecule has 2 aromatic rings. The Balaban J connectivity index is 1.81.